The zero-order valence-corrected chi connectivity index (χ0v) is 27.1. The van der Waals surface area contributed by atoms with Crippen molar-refractivity contribution in [3.63, 3.8) is 0 Å². The Labute approximate surface area is 269 Å². The average molecular weight is 650 g/mol. The Kier molecular flexibility index (Phi) is 11.4. The zero-order chi connectivity index (χ0) is 32.6. The maximum Gasteiger partial charge on any atom is 0.264 e. The highest BCUT2D eigenvalue weighted by molar-refractivity contribution is 7.92. The lowest BCUT2D eigenvalue weighted by atomic mass is 10.0. The van der Waals surface area contributed by atoms with Gasteiger partial charge >= 0.3 is 0 Å². The van der Waals surface area contributed by atoms with Crippen molar-refractivity contribution in [3.8, 4) is 0 Å². The number of anilines is 1. The third-order valence-corrected chi connectivity index (χ3v) is 9.58. The number of sulfonamides is 1. The number of aryl methyl sites for hydroxylation is 1. The highest BCUT2D eigenvalue weighted by Gasteiger charge is 2.35. The quantitative estimate of drug-likeness (QED) is 0.178. The van der Waals surface area contributed by atoms with Crippen LogP contribution < -0.4 is 9.62 Å². The van der Waals surface area contributed by atoms with Crippen LogP contribution in [0.1, 0.15) is 37.0 Å². The van der Waals surface area contributed by atoms with Crippen LogP contribution in [0.5, 0.6) is 0 Å². The Morgan fingerprint density at radius 3 is 2.09 bits per heavy atom. The number of carbonyl (C=O) groups excluding carboxylic acids is 2. The van der Waals surface area contributed by atoms with Crippen LogP contribution in [0, 0.1) is 12.7 Å². The molecule has 0 heterocycles. The van der Waals surface area contributed by atoms with Gasteiger partial charge in [0, 0.05) is 24.0 Å². The minimum atomic E-state index is -4.24. The molecule has 0 aromatic heterocycles. The van der Waals surface area contributed by atoms with Crippen LogP contribution in [-0.2, 0) is 32.6 Å². The number of nitrogens with zero attached hydrogens (tertiary/aromatic N) is 2. The second-order valence-corrected chi connectivity index (χ2v) is 13.3. The molecule has 0 saturated heterocycles. The molecule has 45 heavy (non-hydrogen) atoms. The van der Waals surface area contributed by atoms with Gasteiger partial charge in [0.2, 0.25) is 11.8 Å². The first-order chi connectivity index (χ1) is 21.5. The number of nitrogens with one attached hydrogen (secondary N) is 1. The molecule has 0 aliphatic heterocycles. The lowest BCUT2D eigenvalue weighted by Gasteiger charge is -2.34. The molecule has 0 fully saturated rings. The summed E-state index contributed by atoms with van der Waals surface area (Å²) in [6.07, 6.45) is 0.862. The van der Waals surface area contributed by atoms with Gasteiger partial charge in [-0.15, -0.1) is 0 Å². The molecule has 0 aliphatic rings. The maximum atomic E-state index is 14.4. The van der Waals surface area contributed by atoms with Gasteiger partial charge in [0.25, 0.3) is 10.0 Å². The number of hydrogen-bond acceptors (Lipinski definition) is 4. The second kappa shape index (κ2) is 15.2. The summed E-state index contributed by atoms with van der Waals surface area (Å²) in [4.78, 5) is 29.6. The van der Waals surface area contributed by atoms with Crippen molar-refractivity contribution >= 4 is 39.1 Å². The number of halogens is 2. The van der Waals surface area contributed by atoms with E-state index in [1.165, 1.54) is 41.3 Å². The summed E-state index contributed by atoms with van der Waals surface area (Å²) in [7, 11) is -4.24. The molecular formula is C35H37ClFN3O4S. The number of benzene rings is 4. The van der Waals surface area contributed by atoms with E-state index in [9.17, 15) is 22.4 Å². The van der Waals surface area contributed by atoms with Gasteiger partial charge in [-0.3, -0.25) is 13.9 Å². The molecule has 4 aromatic carbocycles. The van der Waals surface area contributed by atoms with E-state index in [-0.39, 0.29) is 35.5 Å². The van der Waals surface area contributed by atoms with Gasteiger partial charge in [0.15, 0.2) is 0 Å². The molecule has 1 N–H and O–H groups in total. The summed E-state index contributed by atoms with van der Waals surface area (Å²) in [5, 5.41) is 3.36. The molecule has 0 aliphatic carbocycles. The minimum absolute atomic E-state index is 0.0410. The molecule has 0 bridgehead atoms. The summed E-state index contributed by atoms with van der Waals surface area (Å²) in [5.74, 6) is -1.41. The minimum Gasteiger partial charge on any atom is -0.352 e. The fraction of sp³-hybridized carbons (Fsp3) is 0.257. The van der Waals surface area contributed by atoms with Gasteiger partial charge < -0.3 is 10.2 Å². The van der Waals surface area contributed by atoms with E-state index in [4.69, 9.17) is 11.6 Å². The summed E-state index contributed by atoms with van der Waals surface area (Å²) in [6.45, 7) is 5.06. The predicted octanol–water partition coefficient (Wildman–Crippen LogP) is 6.54. The smallest absolute Gasteiger partial charge is 0.264 e. The highest BCUT2D eigenvalue weighted by atomic mass is 35.5. The van der Waals surface area contributed by atoms with Crippen molar-refractivity contribution in [2.45, 2.75) is 57.1 Å². The summed E-state index contributed by atoms with van der Waals surface area (Å²) in [6, 6.07) is 26.3. The molecule has 2 atom stereocenters. The van der Waals surface area contributed by atoms with E-state index in [0.29, 0.717) is 17.0 Å². The van der Waals surface area contributed by atoms with E-state index in [2.05, 4.69) is 5.32 Å². The third-order valence-electron chi connectivity index (χ3n) is 7.54. The van der Waals surface area contributed by atoms with Gasteiger partial charge in [-0.2, -0.15) is 0 Å². The molecule has 0 radical (unpaired) electrons. The molecule has 0 saturated carbocycles. The van der Waals surface area contributed by atoms with Crippen LogP contribution >= 0.6 is 11.6 Å². The fourth-order valence-corrected chi connectivity index (χ4v) is 6.30. The topological polar surface area (TPSA) is 86.8 Å². The fourth-order valence-electron chi connectivity index (χ4n) is 4.76. The number of amides is 2. The predicted molar refractivity (Wildman–Crippen MR) is 176 cm³/mol. The molecule has 2 amide bonds. The Hall–Kier alpha value is -4.21. The monoisotopic (exact) mass is 649 g/mol. The van der Waals surface area contributed by atoms with E-state index < -0.39 is 34.3 Å². The maximum absolute atomic E-state index is 14.4. The van der Waals surface area contributed by atoms with Crippen LogP contribution in [0.2, 0.25) is 5.02 Å². The molecule has 4 aromatic rings. The van der Waals surface area contributed by atoms with Crippen molar-refractivity contribution in [2.75, 3.05) is 10.8 Å². The summed E-state index contributed by atoms with van der Waals surface area (Å²) < 4.78 is 43.0. The van der Waals surface area contributed by atoms with E-state index in [1.54, 1.807) is 36.4 Å². The normalized spacial score (nSPS) is 12.6. The van der Waals surface area contributed by atoms with Gasteiger partial charge in [0.1, 0.15) is 18.4 Å². The highest BCUT2D eigenvalue weighted by Crippen LogP contribution is 2.26. The van der Waals surface area contributed by atoms with Crippen molar-refractivity contribution in [3.05, 3.63) is 131 Å². The molecular weight excluding hydrogens is 613 g/mol. The van der Waals surface area contributed by atoms with Crippen LogP contribution in [0.25, 0.3) is 0 Å². The largest absolute Gasteiger partial charge is 0.352 e. The third kappa shape index (κ3) is 8.93. The number of rotatable bonds is 13. The van der Waals surface area contributed by atoms with Crippen molar-refractivity contribution in [2.24, 2.45) is 0 Å². The Morgan fingerprint density at radius 1 is 0.867 bits per heavy atom. The van der Waals surface area contributed by atoms with Gasteiger partial charge in [-0.1, -0.05) is 78.7 Å². The average Bonchev–Trinajstić information content (AvgIpc) is 3.03. The van der Waals surface area contributed by atoms with Crippen LogP contribution in [-0.4, -0.2) is 43.8 Å². The number of carbonyl (C=O) groups is 2. The number of hydrogen-bond donors (Lipinski definition) is 1. The van der Waals surface area contributed by atoms with E-state index in [1.807, 2.05) is 51.1 Å². The first-order valence-electron chi connectivity index (χ1n) is 14.7. The first-order valence-corrected chi connectivity index (χ1v) is 16.5. The molecule has 236 valence electrons. The van der Waals surface area contributed by atoms with Crippen molar-refractivity contribution in [1.82, 2.24) is 10.2 Å². The lowest BCUT2D eigenvalue weighted by molar-refractivity contribution is -0.140. The Balaban J connectivity index is 1.80. The molecule has 0 spiro atoms. The summed E-state index contributed by atoms with van der Waals surface area (Å²) >= 11 is 6.04. The van der Waals surface area contributed by atoms with E-state index in [0.717, 1.165) is 15.4 Å². The van der Waals surface area contributed by atoms with E-state index >= 15 is 0 Å². The molecule has 7 nitrogen and oxygen atoms in total. The zero-order valence-electron chi connectivity index (χ0n) is 25.5. The first kappa shape index (κ1) is 33.7. The standard InChI is InChI=1S/C35H37ClFN3O4S/c1-4-26(3)38-35(42)33(22-27-8-6-5-7-9-27)39(23-28-12-16-30(37)17-13-28)34(41)24-40(31-18-10-25(2)11-19-31)45(43,44)32-20-14-29(36)15-21-32/h5-21,26,33H,4,22-24H2,1-3H3,(H,38,42)/t26-,33-/m1/s1. The second-order valence-electron chi connectivity index (χ2n) is 11.0. The molecule has 0 unspecified atom stereocenters. The van der Waals surface area contributed by atoms with Crippen LogP contribution in [0.3, 0.4) is 0 Å². The van der Waals surface area contributed by atoms with Crippen LogP contribution in [0.4, 0.5) is 10.1 Å². The van der Waals surface area contributed by atoms with Gasteiger partial charge in [0.05, 0.1) is 10.6 Å². The Bertz CT molecular complexity index is 1680. The van der Waals surface area contributed by atoms with Gasteiger partial charge in [-0.05, 0) is 79.9 Å². The lowest BCUT2D eigenvalue weighted by Crippen LogP contribution is -2.54. The van der Waals surface area contributed by atoms with Gasteiger partial charge in [-0.25, -0.2) is 12.8 Å². The Morgan fingerprint density at radius 2 is 1.49 bits per heavy atom. The SMILES string of the molecule is CC[C@@H](C)NC(=O)[C@@H](Cc1ccccc1)N(Cc1ccc(F)cc1)C(=O)CN(c1ccc(C)cc1)S(=O)(=O)c1ccc(Cl)cc1. The molecule has 10 heteroatoms. The molecule has 4 rings (SSSR count). The van der Waals surface area contributed by atoms with Crippen LogP contribution in [0.15, 0.2) is 108 Å². The summed E-state index contributed by atoms with van der Waals surface area (Å²) in [5.41, 5.74) is 2.61. The van der Waals surface area contributed by atoms with Crippen molar-refractivity contribution < 1.29 is 22.4 Å². The van der Waals surface area contributed by atoms with Crippen molar-refractivity contribution in [1.29, 1.82) is 0 Å².